The van der Waals surface area contributed by atoms with Crippen LogP contribution in [0.15, 0.2) is 54.7 Å². The van der Waals surface area contributed by atoms with E-state index in [1.54, 1.807) is 6.20 Å². The van der Waals surface area contributed by atoms with Crippen LogP contribution in [-0.4, -0.2) is 32.2 Å². The standard InChI is InChI=1S/C27H27FN2O5S/c1-36(32,33)30-27(31)24-13-23(18-7-8-18)21(12-25(24)28)16-34-22-4-2-3-19(11-22)20-9-10-26(29-14-20)35-15-17-5-6-17/h2-4,9-14,17-18H,5-8,15-16H2,1H3,(H,30,31). The molecule has 2 aromatic carbocycles. The number of ether oxygens (including phenoxy) is 2. The maximum atomic E-state index is 14.8. The SMILES string of the molecule is CS(=O)(=O)NC(=O)c1cc(C2CC2)c(COc2cccc(-c3ccc(OCC4CC4)nc3)c2)cc1F. The monoisotopic (exact) mass is 510 g/mol. The van der Waals surface area contributed by atoms with Crippen LogP contribution in [0.25, 0.3) is 11.1 Å². The summed E-state index contributed by atoms with van der Waals surface area (Å²) < 4.78 is 51.1. The van der Waals surface area contributed by atoms with Gasteiger partial charge in [-0.25, -0.2) is 22.5 Å². The van der Waals surface area contributed by atoms with Crippen LogP contribution < -0.4 is 14.2 Å². The molecule has 0 saturated heterocycles. The Morgan fingerprint density at radius 2 is 1.86 bits per heavy atom. The highest BCUT2D eigenvalue weighted by Crippen LogP contribution is 2.42. The number of nitrogens with zero attached hydrogens (tertiary/aromatic N) is 1. The number of sulfonamides is 1. The third-order valence-electron chi connectivity index (χ3n) is 6.23. The van der Waals surface area contributed by atoms with E-state index in [-0.39, 0.29) is 18.1 Å². The first kappa shape index (κ1) is 24.2. The topological polar surface area (TPSA) is 94.6 Å². The third kappa shape index (κ3) is 6.20. The van der Waals surface area contributed by atoms with Crippen LogP contribution in [0.3, 0.4) is 0 Å². The average Bonchev–Trinajstić information content (AvgIpc) is 3.75. The Morgan fingerprint density at radius 1 is 1.06 bits per heavy atom. The minimum absolute atomic E-state index is 0.117. The van der Waals surface area contributed by atoms with Gasteiger partial charge >= 0.3 is 0 Å². The van der Waals surface area contributed by atoms with Gasteiger partial charge in [-0.2, -0.15) is 0 Å². The molecule has 0 radical (unpaired) electrons. The molecular formula is C27H27FN2O5S. The Hall–Kier alpha value is -3.46. The van der Waals surface area contributed by atoms with Gasteiger partial charge in [0.2, 0.25) is 15.9 Å². The summed E-state index contributed by atoms with van der Waals surface area (Å²) in [7, 11) is -3.80. The van der Waals surface area contributed by atoms with E-state index in [1.165, 1.54) is 25.0 Å². The van der Waals surface area contributed by atoms with Crippen molar-refractivity contribution in [3.05, 3.63) is 77.2 Å². The Morgan fingerprint density at radius 3 is 2.53 bits per heavy atom. The highest BCUT2D eigenvalue weighted by molar-refractivity contribution is 7.89. The first-order valence-corrected chi connectivity index (χ1v) is 13.8. The molecule has 0 bridgehead atoms. The second-order valence-electron chi connectivity index (χ2n) is 9.46. The number of amides is 1. The van der Waals surface area contributed by atoms with Crippen molar-refractivity contribution in [3.8, 4) is 22.8 Å². The minimum atomic E-state index is -3.80. The smallest absolute Gasteiger partial charge is 0.267 e. The van der Waals surface area contributed by atoms with Crippen molar-refractivity contribution < 1.29 is 27.1 Å². The fourth-order valence-corrected chi connectivity index (χ4v) is 4.43. The molecule has 0 aliphatic heterocycles. The maximum Gasteiger partial charge on any atom is 0.267 e. The molecule has 0 unspecified atom stereocenters. The second kappa shape index (κ2) is 9.89. The lowest BCUT2D eigenvalue weighted by Gasteiger charge is -2.14. The van der Waals surface area contributed by atoms with E-state index in [0.717, 1.165) is 35.8 Å². The Kier molecular flexibility index (Phi) is 6.66. The van der Waals surface area contributed by atoms with Crippen molar-refractivity contribution in [2.45, 2.75) is 38.2 Å². The lowest BCUT2D eigenvalue weighted by Crippen LogP contribution is -2.30. The van der Waals surface area contributed by atoms with Gasteiger partial charge in [-0.05, 0) is 84.5 Å². The number of aromatic nitrogens is 1. The number of rotatable bonds is 10. The summed E-state index contributed by atoms with van der Waals surface area (Å²) in [4.78, 5) is 16.6. The minimum Gasteiger partial charge on any atom is -0.489 e. The Bertz CT molecular complexity index is 1380. The number of carbonyl (C=O) groups excluding carboxylic acids is 1. The molecule has 36 heavy (non-hydrogen) atoms. The summed E-state index contributed by atoms with van der Waals surface area (Å²) in [5.74, 6) is 0.323. The molecule has 188 valence electrons. The number of nitrogens with one attached hydrogen (secondary N) is 1. The molecule has 7 nitrogen and oxygen atoms in total. The zero-order valence-electron chi connectivity index (χ0n) is 19.9. The third-order valence-corrected chi connectivity index (χ3v) is 6.79. The van der Waals surface area contributed by atoms with Gasteiger partial charge in [0.05, 0.1) is 18.4 Å². The fraction of sp³-hybridized carbons (Fsp3) is 0.333. The van der Waals surface area contributed by atoms with Crippen LogP contribution in [0, 0.1) is 11.7 Å². The van der Waals surface area contributed by atoms with Crippen LogP contribution in [0.5, 0.6) is 11.6 Å². The lowest BCUT2D eigenvalue weighted by molar-refractivity contribution is 0.0977. The number of halogens is 1. The molecule has 1 N–H and O–H groups in total. The van der Waals surface area contributed by atoms with Crippen LogP contribution in [0.4, 0.5) is 4.39 Å². The summed E-state index contributed by atoms with van der Waals surface area (Å²) >= 11 is 0. The van der Waals surface area contributed by atoms with E-state index >= 15 is 0 Å². The first-order chi connectivity index (χ1) is 17.2. The van der Waals surface area contributed by atoms with Crippen molar-refractivity contribution in [3.63, 3.8) is 0 Å². The largest absolute Gasteiger partial charge is 0.489 e. The van der Waals surface area contributed by atoms with Crippen LogP contribution >= 0.6 is 0 Å². The van der Waals surface area contributed by atoms with Crippen LogP contribution in [0.1, 0.15) is 53.1 Å². The summed E-state index contributed by atoms with van der Waals surface area (Å²) in [6.07, 6.45) is 6.92. The Labute approximate surface area is 209 Å². The molecule has 1 amide bonds. The van der Waals surface area contributed by atoms with E-state index in [0.29, 0.717) is 29.7 Å². The summed E-state index contributed by atoms with van der Waals surface area (Å²) in [6, 6.07) is 14.1. The molecule has 0 spiro atoms. The van der Waals surface area contributed by atoms with E-state index in [1.807, 2.05) is 41.1 Å². The zero-order valence-corrected chi connectivity index (χ0v) is 20.7. The molecular weight excluding hydrogens is 483 g/mol. The summed E-state index contributed by atoms with van der Waals surface area (Å²) in [5, 5.41) is 0. The number of carbonyl (C=O) groups is 1. The highest BCUT2D eigenvalue weighted by Gasteiger charge is 2.29. The predicted octanol–water partition coefficient (Wildman–Crippen LogP) is 4.82. The van der Waals surface area contributed by atoms with Crippen molar-refractivity contribution in [1.29, 1.82) is 0 Å². The normalized spacial score (nSPS) is 15.4. The van der Waals surface area contributed by atoms with Gasteiger partial charge in [-0.1, -0.05) is 12.1 Å². The molecule has 2 aliphatic rings. The highest BCUT2D eigenvalue weighted by atomic mass is 32.2. The molecule has 9 heteroatoms. The van der Waals surface area contributed by atoms with Crippen LogP contribution in [-0.2, 0) is 16.6 Å². The molecule has 1 aromatic heterocycles. The number of benzene rings is 2. The van der Waals surface area contributed by atoms with Crippen molar-refractivity contribution in [2.75, 3.05) is 12.9 Å². The number of hydrogen-bond acceptors (Lipinski definition) is 6. The van der Waals surface area contributed by atoms with Crippen molar-refractivity contribution >= 4 is 15.9 Å². The van der Waals surface area contributed by atoms with E-state index in [2.05, 4.69) is 4.98 Å². The van der Waals surface area contributed by atoms with Gasteiger partial charge < -0.3 is 9.47 Å². The van der Waals surface area contributed by atoms with Crippen molar-refractivity contribution in [1.82, 2.24) is 9.71 Å². The molecule has 2 fully saturated rings. The predicted molar refractivity (Wildman–Crippen MR) is 133 cm³/mol. The first-order valence-electron chi connectivity index (χ1n) is 11.9. The summed E-state index contributed by atoms with van der Waals surface area (Å²) in [5.41, 5.74) is 3.00. The van der Waals surface area contributed by atoms with Gasteiger partial charge in [0.15, 0.2) is 0 Å². The summed E-state index contributed by atoms with van der Waals surface area (Å²) in [6.45, 7) is 0.828. The quantitative estimate of drug-likeness (QED) is 0.420. The van der Waals surface area contributed by atoms with Gasteiger partial charge in [-0.3, -0.25) is 4.79 Å². The lowest BCUT2D eigenvalue weighted by atomic mass is 9.99. The number of hydrogen-bond donors (Lipinski definition) is 1. The number of pyridine rings is 1. The molecule has 2 saturated carbocycles. The van der Waals surface area contributed by atoms with Gasteiger partial charge in [-0.15, -0.1) is 0 Å². The molecule has 2 aliphatic carbocycles. The molecule has 0 atom stereocenters. The van der Waals surface area contributed by atoms with Gasteiger partial charge in [0.25, 0.3) is 5.91 Å². The molecule has 1 heterocycles. The second-order valence-corrected chi connectivity index (χ2v) is 11.2. The van der Waals surface area contributed by atoms with E-state index in [4.69, 9.17) is 9.47 Å². The van der Waals surface area contributed by atoms with Gasteiger partial charge in [0.1, 0.15) is 18.2 Å². The molecule has 5 rings (SSSR count). The fourth-order valence-electron chi connectivity index (χ4n) is 3.98. The van der Waals surface area contributed by atoms with E-state index < -0.39 is 21.7 Å². The van der Waals surface area contributed by atoms with Crippen LogP contribution in [0.2, 0.25) is 0 Å². The van der Waals surface area contributed by atoms with E-state index in [9.17, 15) is 17.6 Å². The Balaban J connectivity index is 1.29. The zero-order chi connectivity index (χ0) is 25.3. The molecule has 3 aromatic rings. The van der Waals surface area contributed by atoms with Gasteiger partial charge in [0, 0.05) is 17.8 Å². The van der Waals surface area contributed by atoms with Crippen molar-refractivity contribution in [2.24, 2.45) is 5.92 Å². The maximum absolute atomic E-state index is 14.8. The average molecular weight is 511 g/mol.